The van der Waals surface area contributed by atoms with Crippen LogP contribution in [0.3, 0.4) is 0 Å². The first kappa shape index (κ1) is 14.7. The zero-order chi connectivity index (χ0) is 12.5. The Kier molecular flexibility index (Phi) is 7.54. The van der Waals surface area contributed by atoms with Gasteiger partial charge < -0.3 is 5.32 Å². The van der Waals surface area contributed by atoms with Crippen molar-refractivity contribution in [1.82, 2.24) is 5.32 Å². The first-order valence-electron chi connectivity index (χ1n) is 7.02. The van der Waals surface area contributed by atoms with Crippen LogP contribution in [0.2, 0.25) is 0 Å². The van der Waals surface area contributed by atoms with E-state index in [1.807, 2.05) is 11.3 Å². The molecule has 0 bridgehead atoms. The van der Waals surface area contributed by atoms with Gasteiger partial charge >= 0.3 is 0 Å². The summed E-state index contributed by atoms with van der Waals surface area (Å²) < 4.78 is 0. The fourth-order valence-electron chi connectivity index (χ4n) is 2.11. The van der Waals surface area contributed by atoms with E-state index in [9.17, 15) is 0 Å². The molecule has 1 aromatic heterocycles. The molecule has 1 aromatic rings. The third-order valence-corrected chi connectivity index (χ3v) is 4.28. The molecule has 1 rings (SSSR count). The molecule has 0 radical (unpaired) electrons. The fraction of sp³-hybridized carbons (Fsp3) is 0.733. The van der Waals surface area contributed by atoms with Gasteiger partial charge in [0.15, 0.2) is 0 Å². The highest BCUT2D eigenvalue weighted by atomic mass is 32.1. The number of thiophene rings is 1. The molecule has 0 amide bonds. The molecule has 0 spiro atoms. The number of nitrogens with one attached hydrogen (secondary N) is 1. The molecule has 2 atom stereocenters. The SMILES string of the molecule is CCCCC(CC)CNC(C)Cc1cccs1. The highest BCUT2D eigenvalue weighted by Crippen LogP contribution is 2.13. The van der Waals surface area contributed by atoms with E-state index in [1.165, 1.54) is 43.5 Å². The van der Waals surface area contributed by atoms with Crippen LogP contribution in [-0.4, -0.2) is 12.6 Å². The van der Waals surface area contributed by atoms with Gasteiger partial charge in [-0.05, 0) is 43.7 Å². The summed E-state index contributed by atoms with van der Waals surface area (Å²) in [4.78, 5) is 1.49. The van der Waals surface area contributed by atoms with Crippen molar-refractivity contribution in [1.29, 1.82) is 0 Å². The number of hydrogen-bond donors (Lipinski definition) is 1. The van der Waals surface area contributed by atoms with Crippen LogP contribution in [0.4, 0.5) is 0 Å². The Hall–Kier alpha value is -0.340. The van der Waals surface area contributed by atoms with Crippen LogP contribution in [0.15, 0.2) is 17.5 Å². The second kappa shape index (κ2) is 8.71. The van der Waals surface area contributed by atoms with Gasteiger partial charge in [-0.2, -0.15) is 0 Å². The quantitative estimate of drug-likeness (QED) is 0.684. The largest absolute Gasteiger partial charge is 0.314 e. The minimum Gasteiger partial charge on any atom is -0.314 e. The van der Waals surface area contributed by atoms with E-state index in [0.717, 1.165) is 5.92 Å². The van der Waals surface area contributed by atoms with Crippen LogP contribution in [0.1, 0.15) is 51.3 Å². The monoisotopic (exact) mass is 253 g/mol. The smallest absolute Gasteiger partial charge is 0.00871 e. The molecule has 2 heteroatoms. The molecule has 0 saturated carbocycles. The van der Waals surface area contributed by atoms with E-state index in [2.05, 4.69) is 43.6 Å². The number of rotatable bonds is 9. The summed E-state index contributed by atoms with van der Waals surface area (Å²) in [6.07, 6.45) is 6.55. The fourth-order valence-corrected chi connectivity index (χ4v) is 2.95. The van der Waals surface area contributed by atoms with Gasteiger partial charge in [-0.1, -0.05) is 39.2 Å². The van der Waals surface area contributed by atoms with E-state index in [0.29, 0.717) is 6.04 Å². The van der Waals surface area contributed by atoms with E-state index in [-0.39, 0.29) is 0 Å². The van der Waals surface area contributed by atoms with Gasteiger partial charge in [-0.15, -0.1) is 11.3 Å². The highest BCUT2D eigenvalue weighted by Gasteiger charge is 2.08. The Morgan fingerprint density at radius 1 is 1.35 bits per heavy atom. The number of unbranched alkanes of at least 4 members (excludes halogenated alkanes) is 1. The third kappa shape index (κ3) is 6.23. The first-order chi connectivity index (χ1) is 8.26. The second-order valence-corrected chi connectivity index (χ2v) is 6.04. The van der Waals surface area contributed by atoms with Crippen molar-refractivity contribution >= 4 is 11.3 Å². The topological polar surface area (TPSA) is 12.0 Å². The maximum atomic E-state index is 3.69. The van der Waals surface area contributed by atoms with Crippen molar-refractivity contribution < 1.29 is 0 Å². The maximum absolute atomic E-state index is 3.69. The van der Waals surface area contributed by atoms with Crippen molar-refractivity contribution in [2.75, 3.05) is 6.54 Å². The van der Waals surface area contributed by atoms with Crippen molar-refractivity contribution in [3.63, 3.8) is 0 Å². The standard InChI is InChI=1S/C15H27NS/c1-4-6-8-14(5-2)12-16-13(3)11-15-9-7-10-17-15/h7,9-10,13-14,16H,4-6,8,11-12H2,1-3H3. The Balaban J connectivity index is 2.19. The zero-order valence-electron chi connectivity index (χ0n) is 11.5. The molecule has 0 aromatic carbocycles. The Bertz CT molecular complexity index is 268. The maximum Gasteiger partial charge on any atom is 0.00871 e. The van der Waals surface area contributed by atoms with Gasteiger partial charge in [0.25, 0.3) is 0 Å². The predicted octanol–water partition coefficient (Wildman–Crippen LogP) is 4.49. The van der Waals surface area contributed by atoms with E-state index >= 15 is 0 Å². The molecule has 98 valence electrons. The molecular weight excluding hydrogens is 226 g/mol. The summed E-state index contributed by atoms with van der Waals surface area (Å²) in [5.74, 6) is 0.862. The lowest BCUT2D eigenvalue weighted by atomic mass is 9.99. The molecule has 2 unspecified atom stereocenters. The molecular formula is C15H27NS. The van der Waals surface area contributed by atoms with Crippen molar-refractivity contribution in [3.8, 4) is 0 Å². The predicted molar refractivity (Wildman–Crippen MR) is 78.8 cm³/mol. The molecule has 17 heavy (non-hydrogen) atoms. The summed E-state index contributed by atoms with van der Waals surface area (Å²) in [5.41, 5.74) is 0. The summed E-state index contributed by atoms with van der Waals surface area (Å²) in [6, 6.07) is 4.98. The average Bonchev–Trinajstić information content (AvgIpc) is 2.82. The molecule has 1 nitrogen and oxygen atoms in total. The van der Waals surface area contributed by atoms with Gasteiger partial charge in [-0.25, -0.2) is 0 Å². The first-order valence-corrected chi connectivity index (χ1v) is 7.90. The molecule has 0 aliphatic carbocycles. The Labute approximate surface area is 111 Å². The molecule has 0 fully saturated rings. The minimum absolute atomic E-state index is 0.601. The van der Waals surface area contributed by atoms with Crippen molar-refractivity contribution in [2.45, 2.75) is 58.9 Å². The molecule has 0 saturated heterocycles. The summed E-state index contributed by atoms with van der Waals surface area (Å²) in [6.45, 7) is 8.07. The van der Waals surface area contributed by atoms with Gasteiger partial charge in [0, 0.05) is 10.9 Å². The lowest BCUT2D eigenvalue weighted by Crippen LogP contribution is -2.32. The van der Waals surface area contributed by atoms with Gasteiger partial charge in [0.05, 0.1) is 0 Å². The second-order valence-electron chi connectivity index (χ2n) is 5.01. The van der Waals surface area contributed by atoms with E-state index in [1.54, 1.807) is 0 Å². The summed E-state index contributed by atoms with van der Waals surface area (Å²) in [5, 5.41) is 5.85. The minimum atomic E-state index is 0.601. The third-order valence-electron chi connectivity index (χ3n) is 3.39. The van der Waals surface area contributed by atoms with Gasteiger partial charge in [-0.3, -0.25) is 0 Å². The number of hydrogen-bond acceptors (Lipinski definition) is 2. The van der Waals surface area contributed by atoms with Crippen molar-refractivity contribution in [2.24, 2.45) is 5.92 Å². The highest BCUT2D eigenvalue weighted by molar-refractivity contribution is 7.09. The molecule has 1 heterocycles. The van der Waals surface area contributed by atoms with Crippen LogP contribution in [0.5, 0.6) is 0 Å². The van der Waals surface area contributed by atoms with Gasteiger partial charge in [0.1, 0.15) is 0 Å². The normalized spacial score (nSPS) is 14.8. The lowest BCUT2D eigenvalue weighted by molar-refractivity contribution is 0.395. The van der Waals surface area contributed by atoms with Crippen LogP contribution in [0, 0.1) is 5.92 Å². The molecule has 0 aliphatic heterocycles. The van der Waals surface area contributed by atoms with Crippen LogP contribution in [0.25, 0.3) is 0 Å². The van der Waals surface area contributed by atoms with Crippen LogP contribution < -0.4 is 5.32 Å². The molecule has 0 aliphatic rings. The molecule has 1 N–H and O–H groups in total. The Morgan fingerprint density at radius 3 is 2.76 bits per heavy atom. The van der Waals surface area contributed by atoms with Gasteiger partial charge in [0.2, 0.25) is 0 Å². The Morgan fingerprint density at radius 2 is 2.18 bits per heavy atom. The van der Waals surface area contributed by atoms with Crippen LogP contribution >= 0.6 is 11.3 Å². The van der Waals surface area contributed by atoms with Crippen molar-refractivity contribution in [3.05, 3.63) is 22.4 Å². The van der Waals surface area contributed by atoms with E-state index < -0.39 is 0 Å². The summed E-state index contributed by atoms with van der Waals surface area (Å²) in [7, 11) is 0. The lowest BCUT2D eigenvalue weighted by Gasteiger charge is -2.19. The average molecular weight is 253 g/mol. The summed E-state index contributed by atoms with van der Waals surface area (Å²) >= 11 is 1.87. The van der Waals surface area contributed by atoms with Crippen LogP contribution in [-0.2, 0) is 6.42 Å². The zero-order valence-corrected chi connectivity index (χ0v) is 12.4. The van der Waals surface area contributed by atoms with E-state index in [4.69, 9.17) is 0 Å².